The SMILES string of the molecule is CN(C)CC(C)(C)CNC(=O)C1CCCC1N. The van der Waals surface area contributed by atoms with Gasteiger partial charge in [0.25, 0.3) is 0 Å². The monoisotopic (exact) mass is 241 g/mol. The minimum Gasteiger partial charge on any atom is -0.355 e. The number of amides is 1. The molecule has 1 aliphatic carbocycles. The summed E-state index contributed by atoms with van der Waals surface area (Å²) in [5, 5.41) is 3.06. The van der Waals surface area contributed by atoms with Crippen LogP contribution in [-0.2, 0) is 4.79 Å². The van der Waals surface area contributed by atoms with Crippen molar-refractivity contribution < 1.29 is 4.79 Å². The van der Waals surface area contributed by atoms with E-state index in [2.05, 4.69) is 38.2 Å². The first kappa shape index (κ1) is 14.5. The van der Waals surface area contributed by atoms with Crippen LogP contribution in [0.3, 0.4) is 0 Å². The topological polar surface area (TPSA) is 58.4 Å². The van der Waals surface area contributed by atoms with Crippen LogP contribution in [0.15, 0.2) is 0 Å². The van der Waals surface area contributed by atoms with Gasteiger partial charge in [-0.3, -0.25) is 4.79 Å². The molecule has 0 aromatic heterocycles. The number of hydrogen-bond donors (Lipinski definition) is 2. The second-order valence-corrected chi connectivity index (χ2v) is 6.32. The molecule has 0 aliphatic heterocycles. The first-order chi connectivity index (χ1) is 7.82. The van der Waals surface area contributed by atoms with Gasteiger partial charge in [-0.25, -0.2) is 0 Å². The van der Waals surface area contributed by atoms with E-state index in [1.54, 1.807) is 0 Å². The molecule has 0 aromatic rings. The lowest BCUT2D eigenvalue weighted by Crippen LogP contribution is -2.44. The van der Waals surface area contributed by atoms with E-state index in [0.717, 1.165) is 25.8 Å². The predicted molar refractivity (Wildman–Crippen MR) is 70.7 cm³/mol. The van der Waals surface area contributed by atoms with Crippen molar-refractivity contribution in [1.29, 1.82) is 0 Å². The molecule has 2 atom stereocenters. The molecule has 1 fully saturated rings. The van der Waals surface area contributed by atoms with Gasteiger partial charge in [0, 0.05) is 19.1 Å². The zero-order chi connectivity index (χ0) is 13.1. The summed E-state index contributed by atoms with van der Waals surface area (Å²) < 4.78 is 0. The van der Waals surface area contributed by atoms with E-state index >= 15 is 0 Å². The van der Waals surface area contributed by atoms with E-state index in [4.69, 9.17) is 5.73 Å². The highest BCUT2D eigenvalue weighted by Crippen LogP contribution is 2.24. The molecule has 0 bridgehead atoms. The zero-order valence-electron chi connectivity index (χ0n) is 11.6. The Bertz CT molecular complexity index is 263. The van der Waals surface area contributed by atoms with Gasteiger partial charge in [-0.05, 0) is 32.4 Å². The average molecular weight is 241 g/mol. The van der Waals surface area contributed by atoms with Gasteiger partial charge in [0.05, 0.1) is 5.92 Å². The molecule has 1 aliphatic rings. The third kappa shape index (κ3) is 4.64. The van der Waals surface area contributed by atoms with Crippen molar-refractivity contribution >= 4 is 5.91 Å². The summed E-state index contributed by atoms with van der Waals surface area (Å²) in [6.45, 7) is 6.01. The van der Waals surface area contributed by atoms with Gasteiger partial charge in [0.2, 0.25) is 5.91 Å². The summed E-state index contributed by atoms with van der Waals surface area (Å²) in [6, 6.07) is 0.0620. The van der Waals surface area contributed by atoms with Gasteiger partial charge >= 0.3 is 0 Å². The number of nitrogens with one attached hydrogen (secondary N) is 1. The van der Waals surface area contributed by atoms with Crippen LogP contribution in [0.1, 0.15) is 33.1 Å². The fourth-order valence-electron chi connectivity index (χ4n) is 2.68. The van der Waals surface area contributed by atoms with E-state index in [1.807, 2.05) is 0 Å². The van der Waals surface area contributed by atoms with Gasteiger partial charge in [0.1, 0.15) is 0 Å². The van der Waals surface area contributed by atoms with Crippen molar-refractivity contribution in [3.8, 4) is 0 Å². The number of nitrogens with two attached hydrogens (primary N) is 1. The molecule has 3 N–H and O–H groups in total. The summed E-state index contributed by atoms with van der Waals surface area (Å²) in [5.41, 5.74) is 6.03. The van der Waals surface area contributed by atoms with Gasteiger partial charge < -0.3 is 16.0 Å². The maximum absolute atomic E-state index is 12.0. The Morgan fingerprint density at radius 3 is 2.53 bits per heavy atom. The Hall–Kier alpha value is -0.610. The van der Waals surface area contributed by atoms with Crippen LogP contribution < -0.4 is 11.1 Å². The van der Waals surface area contributed by atoms with E-state index in [1.165, 1.54) is 0 Å². The molecule has 0 heterocycles. The molecule has 0 aromatic carbocycles. The summed E-state index contributed by atoms with van der Waals surface area (Å²) in [4.78, 5) is 14.1. The van der Waals surface area contributed by atoms with Crippen LogP contribution >= 0.6 is 0 Å². The summed E-state index contributed by atoms with van der Waals surface area (Å²) in [5.74, 6) is 0.173. The quantitative estimate of drug-likeness (QED) is 0.749. The first-order valence-electron chi connectivity index (χ1n) is 6.50. The molecule has 100 valence electrons. The fraction of sp³-hybridized carbons (Fsp3) is 0.923. The molecular weight excluding hydrogens is 214 g/mol. The van der Waals surface area contributed by atoms with Crippen molar-refractivity contribution in [2.75, 3.05) is 27.2 Å². The Morgan fingerprint density at radius 1 is 1.41 bits per heavy atom. The lowest BCUT2D eigenvalue weighted by molar-refractivity contribution is -0.125. The molecule has 0 spiro atoms. The molecule has 0 saturated heterocycles. The highest BCUT2D eigenvalue weighted by Gasteiger charge is 2.31. The number of carbonyl (C=O) groups excluding carboxylic acids is 1. The second kappa shape index (κ2) is 5.83. The maximum atomic E-state index is 12.0. The molecule has 1 saturated carbocycles. The third-order valence-electron chi connectivity index (χ3n) is 3.39. The summed E-state index contributed by atoms with van der Waals surface area (Å²) in [6.07, 6.45) is 3.01. The zero-order valence-corrected chi connectivity index (χ0v) is 11.6. The lowest BCUT2D eigenvalue weighted by atomic mass is 9.92. The van der Waals surface area contributed by atoms with Crippen molar-refractivity contribution in [1.82, 2.24) is 10.2 Å². The highest BCUT2D eigenvalue weighted by atomic mass is 16.1. The van der Waals surface area contributed by atoms with E-state index < -0.39 is 0 Å². The number of carbonyl (C=O) groups is 1. The highest BCUT2D eigenvalue weighted by molar-refractivity contribution is 5.79. The minimum absolute atomic E-state index is 0.0326. The van der Waals surface area contributed by atoms with Crippen LogP contribution in [0.5, 0.6) is 0 Å². The van der Waals surface area contributed by atoms with Crippen LogP contribution in [0.25, 0.3) is 0 Å². The largest absolute Gasteiger partial charge is 0.355 e. The molecule has 2 unspecified atom stereocenters. The van der Waals surface area contributed by atoms with Crippen molar-refractivity contribution in [3.05, 3.63) is 0 Å². The lowest BCUT2D eigenvalue weighted by Gasteiger charge is -2.29. The van der Waals surface area contributed by atoms with Gasteiger partial charge in [0.15, 0.2) is 0 Å². The van der Waals surface area contributed by atoms with Gasteiger partial charge in [-0.1, -0.05) is 20.3 Å². The molecule has 0 radical (unpaired) electrons. The minimum atomic E-state index is 0.0326. The van der Waals surface area contributed by atoms with Crippen LogP contribution in [0, 0.1) is 11.3 Å². The first-order valence-corrected chi connectivity index (χ1v) is 6.50. The molecule has 17 heavy (non-hydrogen) atoms. The standard InChI is InChI=1S/C13H27N3O/c1-13(2,9-16(3)4)8-15-12(17)10-6-5-7-11(10)14/h10-11H,5-9,14H2,1-4H3,(H,15,17). The Balaban J connectivity index is 2.37. The van der Waals surface area contributed by atoms with Crippen molar-refractivity contribution in [2.45, 2.75) is 39.2 Å². The fourth-order valence-corrected chi connectivity index (χ4v) is 2.68. The summed E-state index contributed by atoms with van der Waals surface area (Å²) >= 11 is 0. The smallest absolute Gasteiger partial charge is 0.224 e. The van der Waals surface area contributed by atoms with Gasteiger partial charge in [-0.15, -0.1) is 0 Å². The molecule has 4 nitrogen and oxygen atoms in total. The van der Waals surface area contributed by atoms with E-state index in [0.29, 0.717) is 6.54 Å². The number of rotatable bonds is 5. The molecular formula is C13H27N3O. The normalized spacial score (nSPS) is 25.3. The van der Waals surface area contributed by atoms with E-state index in [-0.39, 0.29) is 23.3 Å². The van der Waals surface area contributed by atoms with Crippen molar-refractivity contribution in [2.24, 2.45) is 17.1 Å². The Kier molecular flexibility index (Phi) is 4.95. The van der Waals surface area contributed by atoms with Crippen LogP contribution in [0.2, 0.25) is 0 Å². The third-order valence-corrected chi connectivity index (χ3v) is 3.39. The van der Waals surface area contributed by atoms with Crippen LogP contribution in [0.4, 0.5) is 0 Å². The number of hydrogen-bond acceptors (Lipinski definition) is 3. The van der Waals surface area contributed by atoms with Crippen LogP contribution in [-0.4, -0.2) is 44.0 Å². The van der Waals surface area contributed by atoms with Crippen molar-refractivity contribution in [3.63, 3.8) is 0 Å². The number of nitrogens with zero attached hydrogens (tertiary/aromatic N) is 1. The average Bonchev–Trinajstić information content (AvgIpc) is 2.59. The molecule has 1 rings (SSSR count). The Morgan fingerprint density at radius 2 is 2.06 bits per heavy atom. The maximum Gasteiger partial charge on any atom is 0.224 e. The van der Waals surface area contributed by atoms with Gasteiger partial charge in [-0.2, -0.15) is 0 Å². The molecule has 4 heteroatoms. The summed E-state index contributed by atoms with van der Waals surface area (Å²) in [7, 11) is 4.10. The second-order valence-electron chi connectivity index (χ2n) is 6.32. The van der Waals surface area contributed by atoms with E-state index in [9.17, 15) is 4.79 Å². The predicted octanol–water partition coefficient (Wildman–Crippen LogP) is 0.818. The Labute approximate surface area is 105 Å². The molecule has 1 amide bonds.